The van der Waals surface area contributed by atoms with E-state index in [2.05, 4.69) is 5.32 Å². The van der Waals surface area contributed by atoms with Gasteiger partial charge in [-0.05, 0) is 12.8 Å². The molecule has 15 heavy (non-hydrogen) atoms. The van der Waals surface area contributed by atoms with E-state index in [-0.39, 0.29) is 18.2 Å². The molecule has 2 unspecified atom stereocenters. The third kappa shape index (κ3) is 3.12. The first kappa shape index (κ1) is 11.3. The first-order valence-corrected chi connectivity index (χ1v) is 4.57. The van der Waals surface area contributed by atoms with Crippen LogP contribution in [0, 0.1) is 5.92 Å². The van der Waals surface area contributed by atoms with Gasteiger partial charge < -0.3 is 21.5 Å². The summed E-state index contributed by atoms with van der Waals surface area (Å²) in [6.07, 6.45) is -0.602. The SMILES string of the molecule is NC(=O)C(CC1CCNC1=O)NC(=O)O. The zero-order valence-corrected chi connectivity index (χ0v) is 8.03. The van der Waals surface area contributed by atoms with E-state index in [0.29, 0.717) is 13.0 Å². The van der Waals surface area contributed by atoms with Crippen molar-refractivity contribution in [3.05, 3.63) is 0 Å². The highest BCUT2D eigenvalue weighted by atomic mass is 16.4. The van der Waals surface area contributed by atoms with Crippen molar-refractivity contribution in [1.82, 2.24) is 10.6 Å². The Balaban J connectivity index is 2.54. The van der Waals surface area contributed by atoms with Crippen LogP contribution < -0.4 is 16.4 Å². The smallest absolute Gasteiger partial charge is 0.405 e. The topological polar surface area (TPSA) is 122 Å². The Hall–Kier alpha value is -1.79. The van der Waals surface area contributed by atoms with Crippen LogP contribution in [0.4, 0.5) is 4.79 Å². The molecule has 1 rings (SSSR count). The molecular weight excluding hydrogens is 202 g/mol. The molecule has 0 bridgehead atoms. The van der Waals surface area contributed by atoms with Crippen LogP contribution in [0.3, 0.4) is 0 Å². The van der Waals surface area contributed by atoms with E-state index in [4.69, 9.17) is 10.8 Å². The van der Waals surface area contributed by atoms with Crippen LogP contribution in [0.25, 0.3) is 0 Å². The molecule has 1 aliphatic rings. The summed E-state index contributed by atoms with van der Waals surface area (Å²) in [6, 6.07) is -1.00. The highest BCUT2D eigenvalue weighted by Crippen LogP contribution is 2.15. The predicted molar refractivity (Wildman–Crippen MR) is 49.9 cm³/mol. The summed E-state index contributed by atoms with van der Waals surface area (Å²) >= 11 is 0. The van der Waals surface area contributed by atoms with Crippen LogP contribution in [0.1, 0.15) is 12.8 Å². The van der Waals surface area contributed by atoms with Gasteiger partial charge in [0.1, 0.15) is 6.04 Å². The van der Waals surface area contributed by atoms with Crippen molar-refractivity contribution < 1.29 is 19.5 Å². The standard InChI is InChI=1S/C8H13N3O4/c9-6(12)5(11-8(14)15)3-4-1-2-10-7(4)13/h4-5,11H,1-3H2,(H2,9,12)(H,10,13)(H,14,15). The predicted octanol–water partition coefficient (Wildman–Crippen LogP) is -1.37. The van der Waals surface area contributed by atoms with Crippen molar-refractivity contribution >= 4 is 17.9 Å². The zero-order chi connectivity index (χ0) is 11.4. The van der Waals surface area contributed by atoms with Gasteiger partial charge in [0, 0.05) is 12.5 Å². The zero-order valence-electron chi connectivity index (χ0n) is 8.03. The fourth-order valence-electron chi connectivity index (χ4n) is 1.55. The largest absolute Gasteiger partial charge is 0.465 e. The molecule has 0 aromatic rings. The van der Waals surface area contributed by atoms with E-state index in [0.717, 1.165) is 0 Å². The average molecular weight is 215 g/mol. The van der Waals surface area contributed by atoms with E-state index in [1.807, 2.05) is 5.32 Å². The number of hydrogen-bond acceptors (Lipinski definition) is 3. The molecule has 0 spiro atoms. The van der Waals surface area contributed by atoms with Gasteiger partial charge in [-0.3, -0.25) is 9.59 Å². The highest BCUT2D eigenvalue weighted by molar-refractivity contribution is 5.86. The second kappa shape index (κ2) is 4.63. The van der Waals surface area contributed by atoms with Crippen molar-refractivity contribution in [2.24, 2.45) is 11.7 Å². The summed E-state index contributed by atoms with van der Waals surface area (Å²) in [4.78, 5) is 32.4. The van der Waals surface area contributed by atoms with Crippen molar-refractivity contribution in [3.8, 4) is 0 Å². The van der Waals surface area contributed by atoms with Crippen LogP contribution in [0.5, 0.6) is 0 Å². The van der Waals surface area contributed by atoms with Gasteiger partial charge in [0.05, 0.1) is 0 Å². The Labute approximate surface area is 86.0 Å². The molecule has 3 amide bonds. The van der Waals surface area contributed by atoms with Crippen LogP contribution in [-0.2, 0) is 9.59 Å². The van der Waals surface area contributed by atoms with Gasteiger partial charge in [-0.15, -0.1) is 0 Å². The normalized spacial score (nSPS) is 21.9. The van der Waals surface area contributed by atoms with Gasteiger partial charge in [-0.1, -0.05) is 0 Å². The molecular formula is C8H13N3O4. The minimum absolute atomic E-state index is 0.119. The lowest BCUT2D eigenvalue weighted by Gasteiger charge is -2.15. The van der Waals surface area contributed by atoms with Gasteiger partial charge in [-0.2, -0.15) is 0 Å². The monoisotopic (exact) mass is 215 g/mol. The van der Waals surface area contributed by atoms with Gasteiger partial charge in [0.15, 0.2) is 0 Å². The lowest BCUT2D eigenvalue weighted by atomic mass is 9.98. The van der Waals surface area contributed by atoms with Crippen LogP contribution in [0.2, 0.25) is 0 Å². The summed E-state index contributed by atoms with van der Waals surface area (Å²) in [5.41, 5.74) is 5.01. The Morgan fingerprint density at radius 3 is 2.73 bits per heavy atom. The number of carbonyl (C=O) groups is 3. The number of nitrogens with two attached hydrogens (primary N) is 1. The lowest BCUT2D eigenvalue weighted by molar-refractivity contribution is -0.123. The van der Waals surface area contributed by atoms with E-state index in [1.165, 1.54) is 0 Å². The summed E-state index contributed by atoms with van der Waals surface area (Å²) in [7, 11) is 0. The van der Waals surface area contributed by atoms with Gasteiger partial charge >= 0.3 is 6.09 Å². The lowest BCUT2D eigenvalue weighted by Crippen LogP contribution is -2.45. The molecule has 7 heteroatoms. The first-order valence-electron chi connectivity index (χ1n) is 4.57. The Morgan fingerprint density at radius 2 is 2.33 bits per heavy atom. The molecule has 0 aromatic carbocycles. The minimum Gasteiger partial charge on any atom is -0.465 e. The third-order valence-corrected chi connectivity index (χ3v) is 2.32. The van der Waals surface area contributed by atoms with E-state index < -0.39 is 18.0 Å². The van der Waals surface area contributed by atoms with Crippen LogP contribution >= 0.6 is 0 Å². The second-order valence-electron chi connectivity index (χ2n) is 3.42. The molecule has 0 radical (unpaired) electrons. The molecule has 1 aliphatic heterocycles. The van der Waals surface area contributed by atoms with E-state index in [1.54, 1.807) is 0 Å². The molecule has 1 fully saturated rings. The Kier molecular flexibility index (Phi) is 3.48. The molecule has 0 aromatic heterocycles. The first-order chi connectivity index (χ1) is 7.00. The minimum atomic E-state index is -1.32. The number of rotatable bonds is 4. The van der Waals surface area contributed by atoms with Crippen LogP contribution in [0.15, 0.2) is 0 Å². The molecule has 84 valence electrons. The average Bonchev–Trinajstić information content (AvgIpc) is 2.50. The number of nitrogens with one attached hydrogen (secondary N) is 2. The third-order valence-electron chi connectivity index (χ3n) is 2.32. The van der Waals surface area contributed by atoms with Crippen molar-refractivity contribution in [3.63, 3.8) is 0 Å². The quantitative estimate of drug-likeness (QED) is 0.462. The fourth-order valence-corrected chi connectivity index (χ4v) is 1.55. The molecule has 0 saturated carbocycles. The molecule has 0 aliphatic carbocycles. The van der Waals surface area contributed by atoms with Gasteiger partial charge in [0.25, 0.3) is 0 Å². The molecule has 1 heterocycles. The highest BCUT2D eigenvalue weighted by Gasteiger charge is 2.30. The Bertz CT molecular complexity index is 292. The van der Waals surface area contributed by atoms with Crippen molar-refractivity contribution in [2.75, 3.05) is 6.54 Å². The van der Waals surface area contributed by atoms with Crippen molar-refractivity contribution in [2.45, 2.75) is 18.9 Å². The van der Waals surface area contributed by atoms with Crippen LogP contribution in [-0.4, -0.2) is 35.6 Å². The van der Waals surface area contributed by atoms with Crippen molar-refractivity contribution in [1.29, 1.82) is 0 Å². The summed E-state index contributed by atoms with van der Waals surface area (Å²) in [5.74, 6) is -1.26. The van der Waals surface area contributed by atoms with E-state index >= 15 is 0 Å². The van der Waals surface area contributed by atoms with E-state index in [9.17, 15) is 14.4 Å². The number of carboxylic acid groups (broad SMARTS) is 1. The number of amides is 3. The molecule has 7 nitrogen and oxygen atoms in total. The maximum absolute atomic E-state index is 11.2. The Morgan fingerprint density at radius 1 is 1.67 bits per heavy atom. The summed E-state index contributed by atoms with van der Waals surface area (Å²) in [5, 5.41) is 13.0. The number of carbonyl (C=O) groups excluding carboxylic acids is 2. The maximum atomic E-state index is 11.2. The summed E-state index contributed by atoms with van der Waals surface area (Å²) in [6.45, 7) is 0.558. The fraction of sp³-hybridized carbons (Fsp3) is 0.625. The number of hydrogen-bond donors (Lipinski definition) is 4. The summed E-state index contributed by atoms with van der Waals surface area (Å²) < 4.78 is 0. The molecule has 1 saturated heterocycles. The molecule has 2 atom stereocenters. The second-order valence-corrected chi connectivity index (χ2v) is 3.42. The van der Waals surface area contributed by atoms with Gasteiger partial charge in [-0.25, -0.2) is 4.79 Å². The van der Waals surface area contributed by atoms with Gasteiger partial charge in [0.2, 0.25) is 11.8 Å². The molecule has 5 N–H and O–H groups in total. The number of primary amides is 1. The maximum Gasteiger partial charge on any atom is 0.405 e.